The van der Waals surface area contributed by atoms with Crippen molar-refractivity contribution in [2.24, 2.45) is 0 Å². The van der Waals surface area contributed by atoms with Crippen LogP contribution in [0.4, 0.5) is 22.7 Å². The number of benzene rings is 4. The van der Waals surface area contributed by atoms with E-state index < -0.39 is 11.9 Å². The normalized spacial score (nSPS) is 9.84. The van der Waals surface area contributed by atoms with Gasteiger partial charge in [0.1, 0.15) is 0 Å². The predicted molar refractivity (Wildman–Crippen MR) is 146 cm³/mol. The molecule has 0 aliphatic carbocycles. The number of hydrogen-bond acceptors (Lipinski definition) is 6. The number of rotatable bonds is 6. The van der Waals surface area contributed by atoms with Crippen molar-refractivity contribution < 1.29 is 19.8 Å². The second kappa shape index (κ2) is 13.5. The molecular weight excluding hydrogens is 477 g/mol. The number of carboxylic acid groups (broad SMARTS) is 2. The molecule has 0 spiro atoms. The van der Waals surface area contributed by atoms with Crippen molar-refractivity contribution >= 4 is 57.7 Å². The van der Waals surface area contributed by atoms with Gasteiger partial charge in [-0.3, -0.25) is 0 Å². The largest absolute Gasteiger partial charge is 2.00 e. The van der Waals surface area contributed by atoms with Gasteiger partial charge in [0.2, 0.25) is 0 Å². The number of para-hydroxylation sites is 2. The number of carbonyl (C=O) groups excluding carboxylic acids is 2. The number of anilines is 4. The molecule has 7 heteroatoms. The Morgan fingerprint density at radius 2 is 0.838 bits per heavy atom. The van der Waals surface area contributed by atoms with Gasteiger partial charge in [-0.1, -0.05) is 60.7 Å². The average molecular weight is 505 g/mol. The summed E-state index contributed by atoms with van der Waals surface area (Å²) in [6.07, 6.45) is 0. The van der Waals surface area contributed by atoms with Crippen LogP contribution in [0.3, 0.4) is 0 Å². The van der Waals surface area contributed by atoms with Gasteiger partial charge >= 0.3 is 23.1 Å². The molecule has 0 aromatic heterocycles. The van der Waals surface area contributed by atoms with Crippen LogP contribution in [0.5, 0.6) is 0 Å². The Labute approximate surface area is 233 Å². The molecule has 0 aliphatic heterocycles. The predicted octanol–water partition coefficient (Wildman–Crippen LogP) is 4.44. The Bertz CT molecular complexity index is 1300. The van der Waals surface area contributed by atoms with Crippen molar-refractivity contribution in [1.82, 2.24) is 0 Å². The van der Waals surface area contributed by atoms with E-state index in [2.05, 4.69) is 10.6 Å². The summed E-state index contributed by atoms with van der Waals surface area (Å²) in [6.45, 7) is 8.04. The maximum absolute atomic E-state index is 11.0. The maximum Gasteiger partial charge on any atom is 2.00 e. The summed E-state index contributed by atoms with van der Waals surface area (Å²) in [4.78, 5) is 22.0. The molecule has 4 aromatic rings. The molecule has 0 fully saturated rings. The molecule has 37 heavy (non-hydrogen) atoms. The van der Waals surface area contributed by atoms with Crippen molar-refractivity contribution in [3.63, 3.8) is 0 Å². The molecule has 0 saturated heterocycles. The first-order chi connectivity index (χ1) is 17.2. The number of aryl methyl sites for hydroxylation is 2. The van der Waals surface area contributed by atoms with Crippen molar-refractivity contribution in [2.45, 2.75) is 27.7 Å². The van der Waals surface area contributed by atoms with Gasteiger partial charge in [0.15, 0.2) is 0 Å². The molecule has 0 saturated carbocycles. The first-order valence-corrected chi connectivity index (χ1v) is 11.5. The van der Waals surface area contributed by atoms with E-state index in [0.717, 1.165) is 33.6 Å². The van der Waals surface area contributed by atoms with Gasteiger partial charge in [-0.25, -0.2) is 0 Å². The van der Waals surface area contributed by atoms with Crippen molar-refractivity contribution in [2.75, 3.05) is 10.6 Å². The van der Waals surface area contributed by atoms with E-state index in [1.807, 2.05) is 64.1 Å². The standard InChI is InChI=1S/2C15H15NO2.Mg/c2*1-10-6-5-9-13(11(10)2)16-14-8-4-3-7-12(14)15(17)18;/h2*3-9,16H,1-2H3,(H,17,18);/q;;+2/p-2. The van der Waals surface area contributed by atoms with Crippen molar-refractivity contribution in [3.8, 4) is 0 Å². The van der Waals surface area contributed by atoms with Crippen LogP contribution in [-0.2, 0) is 0 Å². The molecule has 0 unspecified atom stereocenters. The molecule has 6 nitrogen and oxygen atoms in total. The zero-order valence-electron chi connectivity index (χ0n) is 21.4. The topological polar surface area (TPSA) is 104 Å². The van der Waals surface area contributed by atoms with Crippen molar-refractivity contribution in [1.29, 1.82) is 0 Å². The molecule has 0 aliphatic rings. The second-order valence-electron chi connectivity index (χ2n) is 8.41. The second-order valence-corrected chi connectivity index (χ2v) is 8.41. The number of carboxylic acids is 2. The molecule has 0 bridgehead atoms. The number of nitrogens with one attached hydrogen (secondary N) is 2. The molecule has 2 N–H and O–H groups in total. The Hall–Kier alpha value is -3.81. The van der Waals surface area contributed by atoms with Crippen LogP contribution in [0.25, 0.3) is 0 Å². The summed E-state index contributed by atoms with van der Waals surface area (Å²) in [5.74, 6) is -2.35. The molecule has 0 radical (unpaired) electrons. The van der Waals surface area contributed by atoms with E-state index in [-0.39, 0.29) is 34.2 Å². The Kier molecular flexibility index (Phi) is 10.7. The van der Waals surface area contributed by atoms with Crippen molar-refractivity contribution in [3.05, 3.63) is 118 Å². The third-order valence-corrected chi connectivity index (χ3v) is 6.04. The van der Waals surface area contributed by atoms with E-state index >= 15 is 0 Å². The van der Waals surface area contributed by atoms with Crippen LogP contribution in [0.2, 0.25) is 0 Å². The van der Waals surface area contributed by atoms with Gasteiger partial charge in [-0.05, 0) is 74.2 Å². The molecule has 184 valence electrons. The molecule has 0 amide bonds. The maximum atomic E-state index is 11.0. The summed E-state index contributed by atoms with van der Waals surface area (Å²) in [5, 5.41) is 28.3. The molecule has 0 heterocycles. The van der Waals surface area contributed by atoms with Crippen LogP contribution in [-0.4, -0.2) is 35.0 Å². The molecular formula is C30H28MgN2O4. The number of aromatic carboxylic acids is 2. The zero-order chi connectivity index (χ0) is 26.2. The fourth-order valence-electron chi connectivity index (χ4n) is 3.60. The van der Waals surface area contributed by atoms with Crippen LogP contribution in [0.15, 0.2) is 84.9 Å². The summed E-state index contributed by atoms with van der Waals surface area (Å²) in [5.41, 5.74) is 7.76. The van der Waals surface area contributed by atoms with Crippen LogP contribution < -0.4 is 20.8 Å². The average Bonchev–Trinajstić information content (AvgIpc) is 2.86. The molecule has 4 aromatic carbocycles. The van der Waals surface area contributed by atoms with Gasteiger partial charge < -0.3 is 30.4 Å². The molecule has 0 atom stereocenters. The SMILES string of the molecule is Cc1cccc(Nc2ccccc2C(=O)[O-])c1C.Cc1cccc(Nc2ccccc2C(=O)[O-])c1C.[Mg+2]. The third kappa shape index (κ3) is 7.58. The van der Waals surface area contributed by atoms with Crippen LogP contribution in [0.1, 0.15) is 43.0 Å². The van der Waals surface area contributed by atoms with Gasteiger partial charge in [-0.2, -0.15) is 0 Å². The first-order valence-electron chi connectivity index (χ1n) is 11.5. The summed E-state index contributed by atoms with van der Waals surface area (Å²) >= 11 is 0. The van der Waals surface area contributed by atoms with Gasteiger partial charge in [0.05, 0.1) is 11.9 Å². The summed E-state index contributed by atoms with van der Waals surface area (Å²) in [6, 6.07) is 25.2. The third-order valence-electron chi connectivity index (χ3n) is 6.04. The Balaban J connectivity index is 0.000000253. The van der Waals surface area contributed by atoms with Gasteiger partial charge in [-0.15, -0.1) is 0 Å². The smallest absolute Gasteiger partial charge is 0.545 e. The van der Waals surface area contributed by atoms with Gasteiger partial charge in [0, 0.05) is 33.9 Å². The van der Waals surface area contributed by atoms with Gasteiger partial charge in [0.25, 0.3) is 0 Å². The van der Waals surface area contributed by atoms with E-state index in [1.54, 1.807) is 36.4 Å². The Morgan fingerprint density at radius 1 is 0.514 bits per heavy atom. The number of hydrogen-bond donors (Lipinski definition) is 2. The van der Waals surface area contributed by atoms with E-state index in [4.69, 9.17) is 0 Å². The zero-order valence-corrected chi connectivity index (χ0v) is 22.8. The quantitative estimate of drug-likeness (QED) is 0.376. The minimum atomic E-state index is -1.18. The fraction of sp³-hybridized carbons (Fsp3) is 0.133. The van der Waals surface area contributed by atoms with E-state index in [0.29, 0.717) is 11.4 Å². The van der Waals surface area contributed by atoms with E-state index in [1.165, 1.54) is 12.1 Å². The Morgan fingerprint density at radius 3 is 1.19 bits per heavy atom. The summed E-state index contributed by atoms with van der Waals surface area (Å²) in [7, 11) is 0. The monoisotopic (exact) mass is 504 g/mol. The minimum absolute atomic E-state index is 0. The first kappa shape index (κ1) is 29.4. The van der Waals surface area contributed by atoms with Crippen LogP contribution in [0, 0.1) is 27.7 Å². The fourth-order valence-corrected chi connectivity index (χ4v) is 3.60. The minimum Gasteiger partial charge on any atom is -0.545 e. The van der Waals surface area contributed by atoms with Crippen LogP contribution >= 0.6 is 0 Å². The number of carbonyl (C=O) groups is 2. The summed E-state index contributed by atoms with van der Waals surface area (Å²) < 4.78 is 0. The van der Waals surface area contributed by atoms with E-state index in [9.17, 15) is 19.8 Å². The molecule has 4 rings (SSSR count).